The van der Waals surface area contributed by atoms with Crippen molar-refractivity contribution < 1.29 is 8.94 Å². The molecule has 0 atom stereocenters. The van der Waals surface area contributed by atoms with Gasteiger partial charge in [-0.2, -0.15) is 4.98 Å². The number of hydrogen-bond acceptors (Lipinski definition) is 6. The summed E-state index contributed by atoms with van der Waals surface area (Å²) in [4.78, 5) is 12.3. The molecule has 1 aliphatic carbocycles. The molecule has 0 spiro atoms. The molecule has 3 N–H and O–H groups in total. The van der Waals surface area contributed by atoms with Gasteiger partial charge in [-0.15, -0.1) is 0 Å². The largest absolute Gasteiger partial charge is 0.436 e. The molecule has 0 bridgehead atoms. The molecule has 32 heavy (non-hydrogen) atoms. The first-order valence-electron chi connectivity index (χ1n) is 10.5. The van der Waals surface area contributed by atoms with Crippen molar-refractivity contribution >= 4 is 10.9 Å². The molecule has 1 aliphatic rings. The molecule has 160 valence electrons. The summed E-state index contributed by atoms with van der Waals surface area (Å²) in [7, 11) is 0. The molecular formula is C25H23N5O2. The monoisotopic (exact) mass is 425 g/mol. The van der Waals surface area contributed by atoms with Gasteiger partial charge in [0.1, 0.15) is 0 Å². The molecule has 0 aliphatic heterocycles. The van der Waals surface area contributed by atoms with E-state index in [0.717, 1.165) is 57.6 Å². The molecule has 7 nitrogen and oxygen atoms in total. The summed E-state index contributed by atoms with van der Waals surface area (Å²) in [6.07, 6.45) is 7.22. The van der Waals surface area contributed by atoms with E-state index in [1.165, 1.54) is 6.20 Å². The van der Waals surface area contributed by atoms with E-state index >= 15 is 0 Å². The van der Waals surface area contributed by atoms with Crippen molar-refractivity contribution in [3.05, 3.63) is 79.1 Å². The van der Waals surface area contributed by atoms with Crippen LogP contribution in [0, 0.1) is 6.92 Å². The Kier molecular flexibility index (Phi) is 5.07. The molecule has 7 heteroatoms. The first kappa shape index (κ1) is 19.8. The Hall–Kier alpha value is -4.13. The molecule has 0 radical (unpaired) electrons. The number of rotatable bonds is 4. The fourth-order valence-electron chi connectivity index (χ4n) is 3.67. The average Bonchev–Trinajstić information content (AvgIpc) is 3.22. The van der Waals surface area contributed by atoms with Crippen LogP contribution in [0.3, 0.4) is 0 Å². The number of nitrogens with two attached hydrogens (primary N) is 1. The number of nitrogens with zero attached hydrogens (tertiary/aromatic N) is 3. The molecule has 0 saturated heterocycles. The highest BCUT2D eigenvalue weighted by atomic mass is 16.5. The second-order valence-electron chi connectivity index (χ2n) is 7.77. The van der Waals surface area contributed by atoms with E-state index in [-0.39, 0.29) is 0 Å². The number of H-pyrrole nitrogens is 1. The van der Waals surface area contributed by atoms with Crippen LogP contribution in [0.25, 0.3) is 45.1 Å². The van der Waals surface area contributed by atoms with Gasteiger partial charge >= 0.3 is 0 Å². The van der Waals surface area contributed by atoms with Crippen molar-refractivity contribution in [2.45, 2.75) is 25.7 Å². The van der Waals surface area contributed by atoms with Gasteiger partial charge in [0.25, 0.3) is 0 Å². The molecule has 1 fully saturated rings. The number of aromatic amines is 1. The second-order valence-corrected chi connectivity index (χ2v) is 7.77. The van der Waals surface area contributed by atoms with Crippen molar-refractivity contribution in [1.82, 2.24) is 20.1 Å². The third-order valence-corrected chi connectivity index (χ3v) is 5.46. The quantitative estimate of drug-likeness (QED) is 0.376. The Morgan fingerprint density at radius 2 is 2.00 bits per heavy atom. The predicted octanol–water partition coefficient (Wildman–Crippen LogP) is 5.81. The van der Waals surface area contributed by atoms with E-state index in [2.05, 4.69) is 39.3 Å². The Morgan fingerprint density at radius 3 is 2.81 bits per heavy atom. The Bertz CT molecular complexity index is 1390. The van der Waals surface area contributed by atoms with Gasteiger partial charge in [0.15, 0.2) is 5.76 Å². The first-order valence-corrected chi connectivity index (χ1v) is 10.5. The van der Waals surface area contributed by atoms with Gasteiger partial charge in [0.05, 0.1) is 6.20 Å². The third kappa shape index (κ3) is 3.69. The maximum atomic E-state index is 6.17. The fraction of sp³-hybridized carbons (Fsp3) is 0.160. The van der Waals surface area contributed by atoms with Crippen molar-refractivity contribution in [2.24, 2.45) is 5.73 Å². The van der Waals surface area contributed by atoms with Gasteiger partial charge in [0.2, 0.25) is 17.6 Å². The fourth-order valence-corrected chi connectivity index (χ4v) is 3.67. The minimum atomic E-state index is 0.439. The summed E-state index contributed by atoms with van der Waals surface area (Å²) >= 11 is 0. The van der Waals surface area contributed by atoms with Crippen LogP contribution in [0.1, 0.15) is 30.2 Å². The van der Waals surface area contributed by atoms with E-state index < -0.39 is 0 Å². The van der Waals surface area contributed by atoms with Crippen LogP contribution in [0.4, 0.5) is 0 Å². The zero-order valence-corrected chi connectivity index (χ0v) is 17.7. The highest BCUT2D eigenvalue weighted by Crippen LogP contribution is 2.40. The van der Waals surface area contributed by atoms with E-state index in [9.17, 15) is 0 Å². The number of oxazole rings is 1. The molecule has 0 unspecified atom stereocenters. The van der Waals surface area contributed by atoms with Crippen LogP contribution in [0.2, 0.25) is 0 Å². The summed E-state index contributed by atoms with van der Waals surface area (Å²) in [6.45, 7) is 5.19. The van der Waals surface area contributed by atoms with Crippen LogP contribution in [0.15, 0.2) is 76.6 Å². The number of hydrogen-bond donors (Lipinski definition) is 2. The first-order chi connectivity index (χ1) is 15.7. The molecule has 3 aromatic heterocycles. The van der Waals surface area contributed by atoms with Crippen LogP contribution in [0.5, 0.6) is 0 Å². The van der Waals surface area contributed by atoms with Crippen molar-refractivity contribution in [3.63, 3.8) is 0 Å². The Balaban J connectivity index is 0.000000684. The van der Waals surface area contributed by atoms with E-state index in [4.69, 9.17) is 8.94 Å². The maximum absolute atomic E-state index is 6.17. The second kappa shape index (κ2) is 8.19. The number of benzene rings is 2. The Labute approximate surface area is 185 Å². The molecular weight excluding hydrogens is 402 g/mol. The van der Waals surface area contributed by atoms with Crippen LogP contribution in [-0.4, -0.2) is 20.1 Å². The van der Waals surface area contributed by atoms with E-state index in [1.807, 2.05) is 48.7 Å². The van der Waals surface area contributed by atoms with E-state index in [1.54, 1.807) is 6.20 Å². The van der Waals surface area contributed by atoms with Gasteiger partial charge in [-0.1, -0.05) is 29.9 Å². The molecule has 0 amide bonds. The van der Waals surface area contributed by atoms with Crippen molar-refractivity contribution in [1.29, 1.82) is 0 Å². The number of nitrogens with one attached hydrogen (secondary N) is 1. The molecule has 2 aromatic carbocycles. The van der Waals surface area contributed by atoms with Gasteiger partial charge in [0, 0.05) is 39.7 Å². The van der Waals surface area contributed by atoms with Crippen molar-refractivity contribution in [2.75, 3.05) is 0 Å². The highest BCUT2D eigenvalue weighted by molar-refractivity contribution is 5.93. The minimum Gasteiger partial charge on any atom is -0.436 e. The summed E-state index contributed by atoms with van der Waals surface area (Å²) < 4.78 is 11.6. The average molecular weight is 425 g/mol. The summed E-state index contributed by atoms with van der Waals surface area (Å²) in [6, 6.07) is 14.2. The van der Waals surface area contributed by atoms with Crippen molar-refractivity contribution in [3.8, 4) is 34.2 Å². The summed E-state index contributed by atoms with van der Waals surface area (Å²) in [5.74, 6) is 3.12. The van der Waals surface area contributed by atoms with E-state index in [0.29, 0.717) is 17.6 Å². The number of aromatic nitrogens is 4. The molecule has 1 saturated carbocycles. The summed E-state index contributed by atoms with van der Waals surface area (Å²) in [5.41, 5.74) is 9.62. The topological polar surface area (TPSA) is 107 Å². The third-order valence-electron chi connectivity index (χ3n) is 5.46. The molecule has 3 heterocycles. The van der Waals surface area contributed by atoms with Gasteiger partial charge in [-0.3, -0.25) is 0 Å². The van der Waals surface area contributed by atoms with Crippen LogP contribution >= 0.6 is 0 Å². The van der Waals surface area contributed by atoms with Gasteiger partial charge < -0.3 is 19.7 Å². The van der Waals surface area contributed by atoms with Gasteiger partial charge in [-0.25, -0.2) is 4.98 Å². The predicted molar refractivity (Wildman–Crippen MR) is 124 cm³/mol. The molecule has 5 aromatic rings. The van der Waals surface area contributed by atoms with Crippen LogP contribution in [-0.2, 0) is 0 Å². The molecule has 6 rings (SSSR count). The zero-order valence-electron chi connectivity index (χ0n) is 17.7. The number of aryl methyl sites for hydroxylation is 1. The smallest absolute Gasteiger partial charge is 0.230 e. The standard InChI is InChI=1S/C23H18N4O2.C2H5N/c1-13-5-6-15(21-26-22(29-27-21)14-7-8-14)11-18(13)20-12-25-23(28-20)17-3-2-4-19-16(17)9-10-24-19;1-2-3/h2-6,9-12,14,24H,7-8H2,1H3;2H,1,3H2. The Morgan fingerprint density at radius 1 is 1.16 bits per heavy atom. The normalized spacial score (nSPS) is 13.0. The lowest BCUT2D eigenvalue weighted by atomic mass is 10.0. The zero-order chi connectivity index (χ0) is 22.1. The maximum Gasteiger partial charge on any atom is 0.230 e. The van der Waals surface area contributed by atoms with Gasteiger partial charge in [-0.05, 0) is 55.8 Å². The highest BCUT2D eigenvalue weighted by Gasteiger charge is 2.29. The lowest BCUT2D eigenvalue weighted by Crippen LogP contribution is -1.86. The lowest BCUT2D eigenvalue weighted by Gasteiger charge is -2.04. The van der Waals surface area contributed by atoms with Crippen LogP contribution < -0.4 is 5.73 Å². The number of fused-ring (bicyclic) bond motifs is 1. The summed E-state index contributed by atoms with van der Waals surface area (Å²) in [5, 5.41) is 5.25. The lowest BCUT2D eigenvalue weighted by molar-refractivity contribution is 0.380. The minimum absolute atomic E-state index is 0.439. The SMILES string of the molecule is C=CN.Cc1ccc(-c2noc(C3CC3)n2)cc1-c1cnc(-c2cccc3[nH]ccc23)o1.